The van der Waals surface area contributed by atoms with Crippen molar-refractivity contribution in [3.05, 3.63) is 28.1 Å². The zero-order valence-corrected chi connectivity index (χ0v) is 12.8. The number of nitrogens with zero attached hydrogens (tertiary/aromatic N) is 1. The highest BCUT2D eigenvalue weighted by Gasteiger charge is 2.29. The molecular formula is C15H19FN2O5. The van der Waals surface area contributed by atoms with Crippen molar-refractivity contribution >= 4 is 17.3 Å². The van der Waals surface area contributed by atoms with Crippen molar-refractivity contribution in [1.29, 1.82) is 0 Å². The lowest BCUT2D eigenvalue weighted by molar-refractivity contribution is -0.384. The molecule has 23 heavy (non-hydrogen) atoms. The summed E-state index contributed by atoms with van der Waals surface area (Å²) in [6, 6.07) is 2.33. The highest BCUT2D eigenvalue weighted by Crippen LogP contribution is 2.34. The summed E-state index contributed by atoms with van der Waals surface area (Å²) in [6.07, 6.45) is 2.12. The van der Waals surface area contributed by atoms with Crippen LogP contribution < -0.4 is 10.5 Å². The van der Waals surface area contributed by atoms with Gasteiger partial charge < -0.3 is 15.2 Å². The maximum Gasteiger partial charge on any atom is 0.308 e. The van der Waals surface area contributed by atoms with Crippen LogP contribution in [-0.4, -0.2) is 23.6 Å². The van der Waals surface area contributed by atoms with Gasteiger partial charge in [-0.1, -0.05) is 0 Å². The number of hydrogen-bond donors (Lipinski definition) is 1. The fourth-order valence-electron chi connectivity index (χ4n) is 2.67. The molecule has 2 rings (SSSR count). The number of carbonyl (C=O) groups is 1. The molecule has 1 saturated carbocycles. The minimum absolute atomic E-state index is 0.104. The van der Waals surface area contributed by atoms with E-state index >= 15 is 0 Å². The number of nitrogens with two attached hydrogens (primary N) is 1. The molecular weight excluding hydrogens is 307 g/mol. The number of nitrogen functional groups attached to an aromatic ring is 1. The number of anilines is 1. The van der Waals surface area contributed by atoms with Gasteiger partial charge in [-0.25, -0.2) is 4.39 Å². The van der Waals surface area contributed by atoms with Gasteiger partial charge >= 0.3 is 5.97 Å². The van der Waals surface area contributed by atoms with Crippen molar-refractivity contribution in [3.63, 3.8) is 0 Å². The Kier molecular flexibility index (Phi) is 5.36. The van der Waals surface area contributed by atoms with Gasteiger partial charge in [0.05, 0.1) is 23.6 Å². The summed E-state index contributed by atoms with van der Waals surface area (Å²) in [5.41, 5.74) is 4.41. The van der Waals surface area contributed by atoms with Gasteiger partial charge in [-0.05, 0) is 38.7 Å². The minimum Gasteiger partial charge on any atom is -0.487 e. The molecule has 0 aliphatic heterocycles. The van der Waals surface area contributed by atoms with Crippen LogP contribution in [0.5, 0.6) is 5.75 Å². The highest BCUT2D eigenvalue weighted by molar-refractivity contribution is 5.72. The summed E-state index contributed by atoms with van der Waals surface area (Å²) in [4.78, 5) is 21.6. The Bertz CT molecular complexity index is 600. The smallest absolute Gasteiger partial charge is 0.308 e. The van der Waals surface area contributed by atoms with Crippen molar-refractivity contribution in [2.45, 2.75) is 38.7 Å². The van der Waals surface area contributed by atoms with Crippen molar-refractivity contribution in [2.24, 2.45) is 5.92 Å². The molecule has 1 aliphatic carbocycles. The molecule has 0 heterocycles. The number of ether oxygens (including phenoxy) is 2. The van der Waals surface area contributed by atoms with Crippen LogP contribution in [0.4, 0.5) is 15.8 Å². The van der Waals surface area contributed by atoms with Crippen LogP contribution in [0, 0.1) is 21.8 Å². The van der Waals surface area contributed by atoms with Gasteiger partial charge in [0, 0.05) is 6.07 Å². The number of rotatable bonds is 5. The van der Waals surface area contributed by atoms with E-state index in [0.717, 1.165) is 6.07 Å². The molecule has 0 spiro atoms. The van der Waals surface area contributed by atoms with Crippen LogP contribution in [0.3, 0.4) is 0 Å². The van der Waals surface area contributed by atoms with Crippen molar-refractivity contribution < 1.29 is 23.6 Å². The summed E-state index contributed by atoms with van der Waals surface area (Å²) in [5, 5.41) is 10.7. The van der Waals surface area contributed by atoms with Crippen molar-refractivity contribution in [3.8, 4) is 5.75 Å². The molecule has 0 saturated heterocycles. The quantitative estimate of drug-likeness (QED) is 0.386. The normalized spacial score (nSPS) is 20.8. The van der Waals surface area contributed by atoms with E-state index in [2.05, 4.69) is 0 Å². The van der Waals surface area contributed by atoms with Crippen molar-refractivity contribution in [2.75, 3.05) is 12.3 Å². The second kappa shape index (κ2) is 7.26. The molecule has 0 unspecified atom stereocenters. The van der Waals surface area contributed by atoms with E-state index in [-0.39, 0.29) is 23.7 Å². The molecule has 1 aromatic rings. The zero-order valence-electron chi connectivity index (χ0n) is 12.8. The topological polar surface area (TPSA) is 105 Å². The van der Waals surface area contributed by atoms with Gasteiger partial charge in [-0.3, -0.25) is 14.9 Å². The van der Waals surface area contributed by atoms with Crippen molar-refractivity contribution in [1.82, 2.24) is 0 Å². The van der Waals surface area contributed by atoms with E-state index < -0.39 is 22.1 Å². The third-order valence-electron chi connectivity index (χ3n) is 3.91. The molecule has 7 nitrogen and oxygen atoms in total. The van der Waals surface area contributed by atoms with Crippen LogP contribution >= 0.6 is 0 Å². The molecule has 0 bridgehead atoms. The number of halogens is 1. The van der Waals surface area contributed by atoms with Crippen LogP contribution in [0.25, 0.3) is 0 Å². The summed E-state index contributed by atoms with van der Waals surface area (Å²) >= 11 is 0. The van der Waals surface area contributed by atoms with E-state index in [4.69, 9.17) is 15.2 Å². The van der Waals surface area contributed by atoms with Gasteiger partial charge in [0.1, 0.15) is 0 Å². The summed E-state index contributed by atoms with van der Waals surface area (Å²) < 4.78 is 24.6. The average Bonchev–Trinajstić information content (AvgIpc) is 2.52. The highest BCUT2D eigenvalue weighted by atomic mass is 19.1. The van der Waals surface area contributed by atoms with Gasteiger partial charge in [0.15, 0.2) is 17.3 Å². The number of nitro benzene ring substituents is 1. The first-order valence-electron chi connectivity index (χ1n) is 7.49. The van der Waals surface area contributed by atoms with Gasteiger partial charge in [-0.15, -0.1) is 0 Å². The predicted molar refractivity (Wildman–Crippen MR) is 80.5 cm³/mol. The van der Waals surface area contributed by atoms with E-state index in [1.165, 1.54) is 6.07 Å². The van der Waals surface area contributed by atoms with Crippen LogP contribution in [0.15, 0.2) is 12.1 Å². The predicted octanol–water partition coefficient (Wildman–Crippen LogP) is 2.82. The lowest BCUT2D eigenvalue weighted by Crippen LogP contribution is -2.29. The number of hydrogen-bond acceptors (Lipinski definition) is 6. The Morgan fingerprint density at radius 3 is 2.61 bits per heavy atom. The number of benzene rings is 1. The Morgan fingerprint density at radius 2 is 2.04 bits per heavy atom. The average molecular weight is 326 g/mol. The molecule has 1 aromatic carbocycles. The Morgan fingerprint density at radius 1 is 1.39 bits per heavy atom. The molecule has 1 aliphatic rings. The zero-order chi connectivity index (χ0) is 17.0. The Hall–Kier alpha value is -2.38. The fraction of sp³-hybridized carbons (Fsp3) is 0.533. The van der Waals surface area contributed by atoms with E-state index in [9.17, 15) is 19.3 Å². The molecule has 126 valence electrons. The molecule has 0 radical (unpaired) electrons. The third kappa shape index (κ3) is 3.88. The Balaban J connectivity index is 1.98. The largest absolute Gasteiger partial charge is 0.487 e. The first-order valence-corrected chi connectivity index (χ1v) is 7.49. The number of esters is 1. The SMILES string of the molecule is CCOC(=O)[C@H]1CC[C@H](Oc2ccc([N+](=O)[O-])c(N)c2F)CC1. The monoisotopic (exact) mass is 326 g/mol. The van der Waals surface area contributed by atoms with Gasteiger partial charge in [0.25, 0.3) is 5.69 Å². The summed E-state index contributed by atoms with van der Waals surface area (Å²) in [5.74, 6) is -1.39. The number of nitro groups is 1. The van der Waals surface area contributed by atoms with Crippen LogP contribution in [-0.2, 0) is 9.53 Å². The molecule has 0 amide bonds. The summed E-state index contributed by atoms with van der Waals surface area (Å²) in [6.45, 7) is 2.11. The van der Waals surface area contributed by atoms with E-state index in [1.807, 2.05) is 0 Å². The second-order valence-electron chi connectivity index (χ2n) is 5.41. The maximum absolute atomic E-state index is 14.1. The maximum atomic E-state index is 14.1. The Labute approximate surface area is 132 Å². The first kappa shape index (κ1) is 17.0. The summed E-state index contributed by atoms with van der Waals surface area (Å²) in [7, 11) is 0. The van der Waals surface area contributed by atoms with E-state index in [1.54, 1.807) is 6.92 Å². The van der Waals surface area contributed by atoms with Gasteiger partial charge in [0.2, 0.25) is 0 Å². The molecule has 1 fully saturated rings. The van der Waals surface area contributed by atoms with E-state index in [0.29, 0.717) is 32.3 Å². The van der Waals surface area contributed by atoms with Crippen LogP contribution in [0.2, 0.25) is 0 Å². The lowest BCUT2D eigenvalue weighted by atomic mass is 9.87. The third-order valence-corrected chi connectivity index (χ3v) is 3.91. The molecule has 0 atom stereocenters. The minimum atomic E-state index is -0.924. The second-order valence-corrected chi connectivity index (χ2v) is 5.41. The first-order chi connectivity index (χ1) is 10.9. The fourth-order valence-corrected chi connectivity index (χ4v) is 2.67. The number of carbonyl (C=O) groups excluding carboxylic acids is 1. The lowest BCUT2D eigenvalue weighted by Gasteiger charge is -2.27. The molecule has 2 N–H and O–H groups in total. The molecule has 0 aromatic heterocycles. The van der Waals surface area contributed by atoms with Gasteiger partial charge in [-0.2, -0.15) is 0 Å². The van der Waals surface area contributed by atoms with Crippen LogP contribution in [0.1, 0.15) is 32.6 Å². The standard InChI is InChI=1S/C15H19FN2O5/c1-2-22-15(19)9-3-5-10(6-4-9)23-12-8-7-11(18(20)21)14(17)13(12)16/h7-10H,2-6,17H2,1H3/t9-,10-. The molecule has 8 heteroatoms.